The van der Waals surface area contributed by atoms with E-state index < -0.39 is 39.6 Å². The Bertz CT molecular complexity index is 1520. The monoisotopic (exact) mass is 714 g/mol. The minimum atomic E-state index is -3.54. The van der Waals surface area contributed by atoms with E-state index in [1.807, 2.05) is 20.8 Å². The van der Waals surface area contributed by atoms with Crippen molar-refractivity contribution in [3.8, 4) is 0 Å². The molecule has 0 unspecified atom stereocenters. The lowest BCUT2D eigenvalue weighted by molar-refractivity contribution is 0.00620. The minimum Gasteiger partial charge on any atom is -0.478 e. The molecule has 0 aromatic carbocycles. The van der Waals surface area contributed by atoms with Gasteiger partial charge >= 0.3 is 23.9 Å². The molecule has 15 nitrogen and oxygen atoms in total. The van der Waals surface area contributed by atoms with Crippen molar-refractivity contribution in [3.63, 3.8) is 0 Å². The number of likely N-dealkylation sites (N-methyl/N-ethyl adjacent to an activating group) is 1. The number of hydrogen-bond donors (Lipinski definition) is 5. The lowest BCUT2D eigenvalue weighted by Gasteiger charge is -2.19. The van der Waals surface area contributed by atoms with E-state index in [1.54, 1.807) is 13.8 Å². The summed E-state index contributed by atoms with van der Waals surface area (Å²) in [5, 5.41) is 21.5. The molecular formula is C33H54N4O11S. The van der Waals surface area contributed by atoms with Crippen LogP contribution in [0.15, 0.2) is 0 Å². The van der Waals surface area contributed by atoms with Crippen molar-refractivity contribution >= 4 is 34.0 Å². The van der Waals surface area contributed by atoms with Crippen LogP contribution < -0.4 is 5.32 Å². The summed E-state index contributed by atoms with van der Waals surface area (Å²) in [5.74, 6) is -3.33. The third kappa shape index (κ3) is 14.7. The number of carbonyl (C=O) groups excluding carboxylic acids is 2. The Morgan fingerprint density at radius 2 is 1.37 bits per heavy atom. The Morgan fingerprint density at radius 1 is 0.816 bits per heavy atom. The maximum Gasteiger partial charge on any atom is 0.355 e. The van der Waals surface area contributed by atoms with E-state index in [0.717, 1.165) is 51.1 Å². The van der Waals surface area contributed by atoms with Crippen LogP contribution in [0.2, 0.25) is 0 Å². The van der Waals surface area contributed by atoms with Gasteiger partial charge in [-0.1, -0.05) is 13.8 Å². The zero-order chi connectivity index (χ0) is 37.5. The van der Waals surface area contributed by atoms with Crippen LogP contribution in [-0.2, 0) is 36.6 Å². The van der Waals surface area contributed by atoms with Crippen LogP contribution in [0.1, 0.15) is 119 Å². The average molecular weight is 715 g/mol. The summed E-state index contributed by atoms with van der Waals surface area (Å²) in [6.07, 6.45) is 2.82. The van der Waals surface area contributed by atoms with Gasteiger partial charge in [-0.3, -0.25) is 4.18 Å². The first-order valence-corrected chi connectivity index (χ1v) is 18.2. The molecule has 0 bridgehead atoms. The van der Waals surface area contributed by atoms with Gasteiger partial charge in [-0.05, 0) is 98.0 Å². The molecule has 2 aromatic rings. The third-order valence-corrected chi connectivity index (χ3v) is 7.91. The number of aromatic amines is 2. The summed E-state index contributed by atoms with van der Waals surface area (Å²) in [6, 6.07) is 0. The summed E-state index contributed by atoms with van der Waals surface area (Å²) in [5.41, 5.74) is 1.60. The van der Waals surface area contributed by atoms with E-state index in [1.165, 1.54) is 6.92 Å². The molecule has 0 aliphatic rings. The summed E-state index contributed by atoms with van der Waals surface area (Å²) in [6.45, 7) is 19.8. The fraction of sp³-hybridized carbons (Fsp3) is 0.636. The standard InChI is InChI=1S/C22H39N3O4.C11H15NO7S/c1-8-25(9-2)15-14-23-13-11-12-17-18(20(26)28-10-3)16(4)19(24-17)21(27)29-22(5,6)7;1-6-8(10(13)14)7(12-9(6)11(15)16)4-3-5-19-20(2,17)18/h23-24H,8-15H2,1-7H3;12H,3-5H2,1-2H3,(H,13,14)(H,15,16). The molecule has 0 saturated carbocycles. The molecule has 0 aliphatic heterocycles. The largest absolute Gasteiger partial charge is 0.478 e. The number of carboxylic acids is 2. The van der Waals surface area contributed by atoms with E-state index in [-0.39, 0.29) is 48.6 Å². The van der Waals surface area contributed by atoms with Gasteiger partial charge in [0.1, 0.15) is 17.0 Å². The number of aryl methyl sites for hydroxylation is 2. The number of aromatic carboxylic acids is 2. The number of nitrogens with one attached hydrogen (secondary N) is 3. The maximum absolute atomic E-state index is 12.5. The Labute approximate surface area is 289 Å². The lowest BCUT2D eigenvalue weighted by atomic mass is 10.1. The highest BCUT2D eigenvalue weighted by Gasteiger charge is 2.28. The maximum atomic E-state index is 12.5. The van der Waals surface area contributed by atoms with Gasteiger partial charge in [-0.15, -0.1) is 0 Å². The molecule has 0 radical (unpaired) electrons. The summed E-state index contributed by atoms with van der Waals surface area (Å²) in [4.78, 5) is 55.1. The van der Waals surface area contributed by atoms with Gasteiger partial charge in [0, 0.05) is 24.5 Å². The molecule has 0 saturated heterocycles. The van der Waals surface area contributed by atoms with Crippen LogP contribution in [0.25, 0.3) is 0 Å². The van der Waals surface area contributed by atoms with Crippen molar-refractivity contribution in [1.29, 1.82) is 0 Å². The number of carboxylic acid groups (broad SMARTS) is 2. The van der Waals surface area contributed by atoms with Crippen LogP contribution >= 0.6 is 0 Å². The molecule has 0 atom stereocenters. The number of carbonyl (C=O) groups is 4. The highest BCUT2D eigenvalue weighted by atomic mass is 32.2. The molecule has 16 heteroatoms. The normalized spacial score (nSPS) is 11.6. The Balaban J connectivity index is 0.000000524. The number of esters is 2. The summed E-state index contributed by atoms with van der Waals surface area (Å²) in [7, 11) is -3.54. The fourth-order valence-corrected chi connectivity index (χ4v) is 5.38. The van der Waals surface area contributed by atoms with E-state index in [9.17, 15) is 27.6 Å². The van der Waals surface area contributed by atoms with Crippen molar-refractivity contribution in [2.45, 2.75) is 86.7 Å². The molecule has 2 rings (SSSR count). The third-order valence-electron chi connectivity index (χ3n) is 7.31. The first-order valence-electron chi connectivity index (χ1n) is 16.3. The zero-order valence-corrected chi connectivity index (χ0v) is 31.0. The predicted octanol–water partition coefficient (Wildman–Crippen LogP) is 3.95. The second-order valence-electron chi connectivity index (χ2n) is 12.3. The molecule has 0 amide bonds. The van der Waals surface area contributed by atoms with Gasteiger partial charge in [-0.25, -0.2) is 19.2 Å². The molecule has 0 spiro atoms. The zero-order valence-electron chi connectivity index (χ0n) is 30.2. The molecule has 5 N–H and O–H groups in total. The lowest BCUT2D eigenvalue weighted by Crippen LogP contribution is -2.32. The number of nitrogens with zero attached hydrogens (tertiary/aromatic N) is 1. The van der Waals surface area contributed by atoms with Crippen LogP contribution in [0, 0.1) is 13.8 Å². The average Bonchev–Trinajstić information content (AvgIpc) is 3.50. The fourth-order valence-electron chi connectivity index (χ4n) is 4.96. The number of hydrogen-bond acceptors (Lipinski definition) is 11. The van der Waals surface area contributed by atoms with Crippen LogP contribution in [-0.4, -0.2) is 115 Å². The number of ether oxygens (including phenoxy) is 2. The highest BCUT2D eigenvalue weighted by Crippen LogP contribution is 2.24. The van der Waals surface area contributed by atoms with Crippen LogP contribution in [0.3, 0.4) is 0 Å². The Morgan fingerprint density at radius 3 is 1.88 bits per heavy atom. The summed E-state index contributed by atoms with van der Waals surface area (Å²) >= 11 is 0. The molecule has 278 valence electrons. The molecule has 2 aromatic heterocycles. The van der Waals surface area contributed by atoms with Gasteiger partial charge < -0.3 is 39.9 Å². The number of rotatable bonds is 19. The Kier molecular flexibility index (Phi) is 17.7. The first-order chi connectivity index (χ1) is 22.8. The SMILES string of the molecule is CCOC(=O)c1c(CCCNCCN(CC)CC)[nH]c(C(=O)OC(C)(C)C)c1C.Cc1c(C(=O)O)[nH]c(CCCOS(C)(=O)=O)c1C(=O)O. The quantitative estimate of drug-likeness (QED) is 0.0792. The van der Waals surface area contributed by atoms with E-state index in [0.29, 0.717) is 23.2 Å². The topological polar surface area (TPSA) is 217 Å². The minimum absolute atomic E-state index is 0.0956. The van der Waals surface area contributed by atoms with Crippen molar-refractivity contribution in [2.75, 3.05) is 52.2 Å². The van der Waals surface area contributed by atoms with Gasteiger partial charge in [0.25, 0.3) is 10.1 Å². The smallest absolute Gasteiger partial charge is 0.355 e. The van der Waals surface area contributed by atoms with Crippen molar-refractivity contribution < 1.29 is 51.5 Å². The predicted molar refractivity (Wildman–Crippen MR) is 184 cm³/mol. The van der Waals surface area contributed by atoms with Crippen molar-refractivity contribution in [3.05, 3.63) is 45.0 Å². The van der Waals surface area contributed by atoms with Crippen LogP contribution in [0.5, 0.6) is 0 Å². The van der Waals surface area contributed by atoms with Gasteiger partial charge in [-0.2, -0.15) is 8.42 Å². The van der Waals surface area contributed by atoms with Gasteiger partial charge in [0.2, 0.25) is 0 Å². The van der Waals surface area contributed by atoms with E-state index in [2.05, 4.69) is 38.2 Å². The Hall–Kier alpha value is -3.73. The second kappa shape index (κ2) is 20.1. The molecule has 2 heterocycles. The molecule has 49 heavy (non-hydrogen) atoms. The highest BCUT2D eigenvalue weighted by molar-refractivity contribution is 7.85. The second-order valence-corrected chi connectivity index (χ2v) is 13.9. The van der Waals surface area contributed by atoms with E-state index >= 15 is 0 Å². The van der Waals surface area contributed by atoms with Gasteiger partial charge in [0.15, 0.2) is 0 Å². The molecular weight excluding hydrogens is 660 g/mol. The summed E-state index contributed by atoms with van der Waals surface area (Å²) < 4.78 is 36.7. The van der Waals surface area contributed by atoms with Crippen molar-refractivity contribution in [1.82, 2.24) is 20.2 Å². The van der Waals surface area contributed by atoms with Crippen molar-refractivity contribution in [2.24, 2.45) is 0 Å². The number of aromatic nitrogens is 2. The number of H-pyrrole nitrogens is 2. The molecule has 0 aliphatic carbocycles. The van der Waals surface area contributed by atoms with Crippen LogP contribution in [0.4, 0.5) is 0 Å². The van der Waals surface area contributed by atoms with Gasteiger partial charge in [0.05, 0.1) is 30.6 Å². The first kappa shape index (κ1) is 43.3. The van der Waals surface area contributed by atoms with E-state index in [4.69, 9.17) is 19.7 Å². The molecule has 0 fully saturated rings.